The van der Waals surface area contributed by atoms with Crippen molar-refractivity contribution >= 4 is 21.8 Å². The van der Waals surface area contributed by atoms with Crippen molar-refractivity contribution < 1.29 is 9.90 Å². The Morgan fingerprint density at radius 3 is 2.41 bits per heavy atom. The van der Waals surface area contributed by atoms with Crippen LogP contribution in [0.25, 0.3) is 0 Å². The van der Waals surface area contributed by atoms with Gasteiger partial charge < -0.3 is 10.4 Å². The summed E-state index contributed by atoms with van der Waals surface area (Å²) in [6, 6.07) is 7.78. The van der Waals surface area contributed by atoms with E-state index in [0.717, 1.165) is 5.56 Å². The molecule has 1 heterocycles. The van der Waals surface area contributed by atoms with Gasteiger partial charge in [0.05, 0.1) is 10.6 Å². The molecule has 0 saturated carbocycles. The van der Waals surface area contributed by atoms with Crippen LogP contribution in [0.5, 0.6) is 0 Å². The zero-order valence-corrected chi connectivity index (χ0v) is 14.5. The molecule has 2 N–H and O–H groups in total. The summed E-state index contributed by atoms with van der Waals surface area (Å²) in [6.07, 6.45) is 0.961. The van der Waals surface area contributed by atoms with Crippen LogP contribution in [0, 0.1) is 0 Å². The second-order valence-corrected chi connectivity index (χ2v) is 6.40. The lowest BCUT2D eigenvalue weighted by Gasteiger charge is -2.13. The number of aliphatic hydroxyl groups is 1. The molecule has 0 saturated heterocycles. The molecule has 1 atom stereocenters. The van der Waals surface area contributed by atoms with Gasteiger partial charge in [0.25, 0.3) is 5.91 Å². The van der Waals surface area contributed by atoms with Gasteiger partial charge in [0.1, 0.15) is 0 Å². The highest BCUT2D eigenvalue weighted by molar-refractivity contribution is 9.10. The molecule has 6 heteroatoms. The van der Waals surface area contributed by atoms with E-state index < -0.39 is 6.10 Å². The topological polar surface area (TPSA) is 67.2 Å². The molecule has 0 aliphatic rings. The van der Waals surface area contributed by atoms with E-state index in [9.17, 15) is 9.90 Å². The third kappa shape index (κ3) is 3.96. The predicted octanol–water partition coefficient (Wildman–Crippen LogP) is 2.77. The third-order valence-electron chi connectivity index (χ3n) is 3.44. The first kappa shape index (κ1) is 16.7. The Kier molecular flexibility index (Phi) is 5.37. The van der Waals surface area contributed by atoms with Crippen LogP contribution in [0.4, 0.5) is 0 Å². The molecule has 1 aromatic heterocycles. The van der Waals surface area contributed by atoms with Gasteiger partial charge in [-0.3, -0.25) is 9.48 Å². The maximum absolute atomic E-state index is 12.0. The van der Waals surface area contributed by atoms with E-state index in [-0.39, 0.29) is 12.5 Å². The number of halogens is 1. The van der Waals surface area contributed by atoms with Crippen molar-refractivity contribution in [2.24, 2.45) is 7.05 Å². The van der Waals surface area contributed by atoms with Gasteiger partial charge in [-0.05, 0) is 33.0 Å². The quantitative estimate of drug-likeness (QED) is 0.855. The van der Waals surface area contributed by atoms with Crippen LogP contribution in [0.1, 0.15) is 47.5 Å². The van der Waals surface area contributed by atoms with E-state index in [1.807, 2.05) is 24.3 Å². The minimum Gasteiger partial charge on any atom is -0.387 e. The Morgan fingerprint density at radius 1 is 1.32 bits per heavy atom. The number of aromatic nitrogens is 2. The van der Waals surface area contributed by atoms with Gasteiger partial charge in [0.15, 0.2) is 5.69 Å². The molecular formula is C16H20BrN3O2. The van der Waals surface area contributed by atoms with Crippen molar-refractivity contribution in [3.8, 4) is 0 Å². The average molecular weight is 366 g/mol. The number of aliphatic hydroxyl groups excluding tert-OH is 1. The van der Waals surface area contributed by atoms with Crippen molar-refractivity contribution in [1.82, 2.24) is 15.1 Å². The van der Waals surface area contributed by atoms with Crippen LogP contribution in [0.15, 0.2) is 34.9 Å². The summed E-state index contributed by atoms with van der Waals surface area (Å²) in [5.74, 6) is 0.137. The number of nitrogens with one attached hydrogen (secondary N) is 1. The lowest BCUT2D eigenvalue weighted by molar-refractivity contribution is 0.0910. The largest absolute Gasteiger partial charge is 0.387 e. The Bertz CT molecular complexity index is 650. The number of carbonyl (C=O) groups excluding carboxylic acids is 1. The zero-order chi connectivity index (χ0) is 16.3. The standard InChI is InChI=1S/C16H20BrN3O2/c1-10(2)11-4-6-12(7-5-11)14(21)8-18-16(22)15-13(17)9-20(3)19-15/h4-7,9-10,14,21H,8H2,1-3H3,(H,18,22). The fraction of sp³-hybridized carbons (Fsp3) is 0.375. The summed E-state index contributed by atoms with van der Waals surface area (Å²) >= 11 is 3.28. The summed E-state index contributed by atoms with van der Waals surface area (Å²) in [5.41, 5.74) is 2.31. The molecule has 5 nitrogen and oxygen atoms in total. The number of hydrogen-bond acceptors (Lipinski definition) is 3. The number of aryl methyl sites for hydroxylation is 1. The minimum atomic E-state index is -0.743. The highest BCUT2D eigenvalue weighted by Crippen LogP contribution is 2.19. The van der Waals surface area contributed by atoms with Crippen molar-refractivity contribution in [2.45, 2.75) is 25.9 Å². The van der Waals surface area contributed by atoms with Crippen LogP contribution in [0.3, 0.4) is 0 Å². The Balaban J connectivity index is 1.96. The van der Waals surface area contributed by atoms with Gasteiger partial charge in [-0.25, -0.2) is 0 Å². The molecule has 0 fully saturated rings. The molecule has 0 radical (unpaired) electrons. The van der Waals surface area contributed by atoms with Crippen molar-refractivity contribution in [1.29, 1.82) is 0 Å². The van der Waals surface area contributed by atoms with Gasteiger partial charge in [0.2, 0.25) is 0 Å². The highest BCUT2D eigenvalue weighted by Gasteiger charge is 2.16. The minimum absolute atomic E-state index is 0.142. The second kappa shape index (κ2) is 7.07. The van der Waals surface area contributed by atoms with Crippen LogP contribution in [-0.2, 0) is 7.05 Å². The highest BCUT2D eigenvalue weighted by atomic mass is 79.9. The summed E-state index contributed by atoms with van der Waals surface area (Å²) in [4.78, 5) is 12.0. The number of nitrogens with zero attached hydrogens (tertiary/aromatic N) is 2. The lowest BCUT2D eigenvalue weighted by Crippen LogP contribution is -2.29. The monoisotopic (exact) mass is 365 g/mol. The van der Waals surface area contributed by atoms with Gasteiger partial charge >= 0.3 is 0 Å². The molecule has 1 aromatic carbocycles. The first-order chi connectivity index (χ1) is 10.4. The SMILES string of the molecule is CC(C)c1ccc(C(O)CNC(=O)c2nn(C)cc2Br)cc1. The van der Waals surface area contributed by atoms with Crippen LogP contribution in [0.2, 0.25) is 0 Å². The van der Waals surface area contributed by atoms with Gasteiger partial charge in [-0.2, -0.15) is 5.10 Å². The van der Waals surface area contributed by atoms with Crippen LogP contribution >= 0.6 is 15.9 Å². The maximum atomic E-state index is 12.0. The fourth-order valence-corrected chi connectivity index (χ4v) is 2.66. The second-order valence-electron chi connectivity index (χ2n) is 5.55. The summed E-state index contributed by atoms with van der Waals surface area (Å²) in [7, 11) is 1.74. The van der Waals surface area contributed by atoms with Crippen molar-refractivity contribution in [2.75, 3.05) is 6.54 Å². The first-order valence-corrected chi connectivity index (χ1v) is 7.93. The number of amides is 1. The maximum Gasteiger partial charge on any atom is 0.273 e. The molecule has 118 valence electrons. The van der Waals surface area contributed by atoms with Gasteiger partial charge in [-0.1, -0.05) is 38.1 Å². The summed E-state index contributed by atoms with van der Waals surface area (Å²) in [6.45, 7) is 4.38. The number of rotatable bonds is 5. The zero-order valence-electron chi connectivity index (χ0n) is 12.9. The molecule has 0 spiro atoms. The van der Waals surface area contributed by atoms with E-state index in [4.69, 9.17) is 0 Å². The van der Waals surface area contributed by atoms with Crippen LogP contribution in [-0.4, -0.2) is 27.3 Å². The van der Waals surface area contributed by atoms with Gasteiger partial charge in [0, 0.05) is 19.8 Å². The van der Waals surface area contributed by atoms with E-state index in [1.165, 1.54) is 5.56 Å². The van der Waals surface area contributed by atoms with E-state index >= 15 is 0 Å². The Morgan fingerprint density at radius 2 is 1.91 bits per heavy atom. The number of hydrogen-bond donors (Lipinski definition) is 2. The average Bonchev–Trinajstić information content (AvgIpc) is 2.83. The molecule has 1 unspecified atom stereocenters. The predicted molar refractivity (Wildman–Crippen MR) is 88.7 cm³/mol. The normalized spacial score (nSPS) is 12.5. The fourth-order valence-electron chi connectivity index (χ4n) is 2.11. The van der Waals surface area contributed by atoms with E-state index in [0.29, 0.717) is 16.1 Å². The van der Waals surface area contributed by atoms with Crippen molar-refractivity contribution in [3.05, 3.63) is 51.8 Å². The lowest BCUT2D eigenvalue weighted by atomic mass is 10.00. The number of benzene rings is 1. The third-order valence-corrected chi connectivity index (χ3v) is 4.02. The van der Waals surface area contributed by atoms with Gasteiger partial charge in [-0.15, -0.1) is 0 Å². The Labute approximate surface area is 138 Å². The van der Waals surface area contributed by atoms with E-state index in [2.05, 4.69) is 40.2 Å². The molecule has 0 bridgehead atoms. The molecular weight excluding hydrogens is 346 g/mol. The summed E-state index contributed by atoms with van der Waals surface area (Å²) < 4.78 is 2.18. The first-order valence-electron chi connectivity index (χ1n) is 7.13. The molecule has 1 amide bonds. The molecule has 2 aromatic rings. The smallest absolute Gasteiger partial charge is 0.273 e. The summed E-state index contributed by atoms with van der Waals surface area (Å²) in [5, 5.41) is 16.9. The molecule has 0 aliphatic carbocycles. The Hall–Kier alpha value is -1.66. The molecule has 0 aliphatic heterocycles. The van der Waals surface area contributed by atoms with Crippen molar-refractivity contribution in [3.63, 3.8) is 0 Å². The number of carbonyl (C=O) groups is 1. The molecule has 2 rings (SSSR count). The van der Waals surface area contributed by atoms with E-state index in [1.54, 1.807) is 17.9 Å². The molecule has 22 heavy (non-hydrogen) atoms. The van der Waals surface area contributed by atoms with Crippen LogP contribution < -0.4 is 5.32 Å².